The van der Waals surface area contributed by atoms with Gasteiger partial charge < -0.3 is 10.1 Å². The van der Waals surface area contributed by atoms with Gasteiger partial charge in [-0.05, 0) is 38.5 Å². The van der Waals surface area contributed by atoms with E-state index in [1.807, 2.05) is 36.1 Å². The van der Waals surface area contributed by atoms with Crippen LogP contribution in [0.2, 0.25) is 0 Å². The second-order valence-corrected chi connectivity index (χ2v) is 4.73. The number of aromatic nitrogens is 2. The van der Waals surface area contributed by atoms with Crippen LogP contribution in [-0.4, -0.2) is 16.4 Å². The summed E-state index contributed by atoms with van der Waals surface area (Å²) in [5, 5.41) is 7.66. The van der Waals surface area contributed by atoms with Gasteiger partial charge in [-0.25, -0.2) is 0 Å². The molecular formula is C15H21N3O. The Morgan fingerprint density at radius 1 is 1.26 bits per heavy atom. The summed E-state index contributed by atoms with van der Waals surface area (Å²) in [5.41, 5.74) is 2.27. The van der Waals surface area contributed by atoms with Crippen molar-refractivity contribution >= 4 is 5.69 Å². The van der Waals surface area contributed by atoms with Gasteiger partial charge in [-0.3, -0.25) is 4.68 Å². The lowest BCUT2D eigenvalue weighted by atomic mass is 10.2. The molecule has 1 N–H and O–H groups in total. The minimum atomic E-state index is 0.390. The number of rotatable bonds is 6. The van der Waals surface area contributed by atoms with Gasteiger partial charge in [0.1, 0.15) is 5.75 Å². The minimum Gasteiger partial charge on any atom is -0.494 e. The van der Waals surface area contributed by atoms with E-state index in [2.05, 4.69) is 36.4 Å². The van der Waals surface area contributed by atoms with Crippen LogP contribution in [0, 0.1) is 0 Å². The molecular weight excluding hydrogens is 238 g/mol. The molecule has 19 heavy (non-hydrogen) atoms. The molecule has 1 aromatic heterocycles. The van der Waals surface area contributed by atoms with Crippen LogP contribution < -0.4 is 10.1 Å². The van der Waals surface area contributed by atoms with Crippen molar-refractivity contribution in [3.05, 3.63) is 42.2 Å². The van der Waals surface area contributed by atoms with Crippen molar-refractivity contribution in [3.8, 4) is 5.75 Å². The van der Waals surface area contributed by atoms with Crippen molar-refractivity contribution < 1.29 is 4.74 Å². The van der Waals surface area contributed by atoms with Crippen molar-refractivity contribution in [1.82, 2.24) is 9.78 Å². The van der Waals surface area contributed by atoms with Gasteiger partial charge in [-0.15, -0.1) is 0 Å². The molecule has 0 spiro atoms. The molecule has 2 rings (SSSR count). The first-order valence-corrected chi connectivity index (χ1v) is 6.69. The van der Waals surface area contributed by atoms with Gasteiger partial charge >= 0.3 is 0 Å². The number of anilines is 1. The second kappa shape index (κ2) is 6.27. The molecule has 0 unspecified atom stereocenters. The normalized spacial score (nSPS) is 10.7. The Labute approximate surface area is 114 Å². The predicted molar refractivity (Wildman–Crippen MR) is 77.5 cm³/mol. The maximum absolute atomic E-state index is 5.42. The predicted octanol–water partition coefficient (Wildman–Crippen LogP) is 3.47. The van der Waals surface area contributed by atoms with E-state index in [0.29, 0.717) is 12.6 Å². The number of ether oxygens (including phenoxy) is 1. The van der Waals surface area contributed by atoms with Gasteiger partial charge in [-0.2, -0.15) is 5.10 Å². The van der Waals surface area contributed by atoms with Crippen molar-refractivity contribution in [2.45, 2.75) is 33.4 Å². The lowest BCUT2D eigenvalue weighted by Crippen LogP contribution is -2.01. The maximum atomic E-state index is 5.42. The lowest BCUT2D eigenvalue weighted by molar-refractivity contribution is 0.340. The van der Waals surface area contributed by atoms with Gasteiger partial charge in [0, 0.05) is 18.8 Å². The average Bonchev–Trinajstić information content (AvgIpc) is 2.87. The Morgan fingerprint density at radius 2 is 2.00 bits per heavy atom. The molecule has 0 fully saturated rings. The Balaban J connectivity index is 1.90. The SMILES string of the molecule is CCOc1ccc(CNc2cnn(C(C)C)c2)cc1. The quantitative estimate of drug-likeness (QED) is 0.863. The fourth-order valence-electron chi connectivity index (χ4n) is 1.79. The molecule has 0 amide bonds. The first kappa shape index (κ1) is 13.5. The molecule has 0 aliphatic carbocycles. The number of hydrogen-bond donors (Lipinski definition) is 1. The molecule has 0 radical (unpaired) electrons. The smallest absolute Gasteiger partial charge is 0.119 e. The van der Waals surface area contributed by atoms with Gasteiger partial charge in [0.15, 0.2) is 0 Å². The summed E-state index contributed by atoms with van der Waals surface area (Å²) < 4.78 is 7.36. The Bertz CT molecular complexity index is 502. The molecule has 2 aromatic rings. The molecule has 1 heterocycles. The van der Waals surface area contributed by atoms with Crippen molar-refractivity contribution in [1.29, 1.82) is 0 Å². The summed E-state index contributed by atoms with van der Waals surface area (Å²) in [5.74, 6) is 0.916. The molecule has 0 saturated carbocycles. The van der Waals surface area contributed by atoms with Crippen molar-refractivity contribution in [2.24, 2.45) is 0 Å². The Morgan fingerprint density at radius 3 is 2.58 bits per heavy atom. The van der Waals surface area contributed by atoms with E-state index in [0.717, 1.165) is 18.0 Å². The summed E-state index contributed by atoms with van der Waals surface area (Å²) >= 11 is 0. The summed E-state index contributed by atoms with van der Waals surface area (Å²) in [4.78, 5) is 0. The highest BCUT2D eigenvalue weighted by molar-refractivity contribution is 5.39. The van der Waals surface area contributed by atoms with Gasteiger partial charge in [0.2, 0.25) is 0 Å². The summed E-state index contributed by atoms with van der Waals surface area (Å²) in [6.45, 7) is 7.70. The number of nitrogens with one attached hydrogen (secondary N) is 1. The number of nitrogens with zero attached hydrogens (tertiary/aromatic N) is 2. The maximum Gasteiger partial charge on any atom is 0.119 e. The number of benzene rings is 1. The lowest BCUT2D eigenvalue weighted by Gasteiger charge is -2.06. The highest BCUT2D eigenvalue weighted by Gasteiger charge is 2.01. The van der Waals surface area contributed by atoms with E-state index in [1.54, 1.807) is 0 Å². The molecule has 1 aromatic carbocycles. The first-order chi connectivity index (χ1) is 9.19. The summed E-state index contributed by atoms with van der Waals surface area (Å²) in [7, 11) is 0. The second-order valence-electron chi connectivity index (χ2n) is 4.73. The third-order valence-electron chi connectivity index (χ3n) is 2.86. The zero-order valence-corrected chi connectivity index (χ0v) is 11.8. The van der Waals surface area contributed by atoms with Gasteiger partial charge in [0.05, 0.1) is 18.5 Å². The largest absolute Gasteiger partial charge is 0.494 e. The number of hydrogen-bond acceptors (Lipinski definition) is 3. The van der Waals surface area contributed by atoms with Crippen LogP contribution in [0.1, 0.15) is 32.4 Å². The van der Waals surface area contributed by atoms with E-state index >= 15 is 0 Å². The standard InChI is InChI=1S/C15H21N3O/c1-4-19-15-7-5-13(6-8-15)9-16-14-10-17-18(11-14)12(2)3/h5-8,10-12,16H,4,9H2,1-3H3. The topological polar surface area (TPSA) is 39.1 Å². The molecule has 0 saturated heterocycles. The third kappa shape index (κ3) is 3.74. The average molecular weight is 259 g/mol. The molecule has 4 heteroatoms. The zero-order chi connectivity index (χ0) is 13.7. The van der Waals surface area contributed by atoms with E-state index in [9.17, 15) is 0 Å². The summed E-state index contributed by atoms with van der Waals surface area (Å²) in [6, 6.07) is 8.53. The molecule has 4 nitrogen and oxygen atoms in total. The van der Waals surface area contributed by atoms with Gasteiger partial charge in [-0.1, -0.05) is 12.1 Å². The van der Waals surface area contributed by atoms with E-state index < -0.39 is 0 Å². The fraction of sp³-hybridized carbons (Fsp3) is 0.400. The van der Waals surface area contributed by atoms with E-state index in [-0.39, 0.29) is 0 Å². The molecule has 102 valence electrons. The van der Waals surface area contributed by atoms with Crippen LogP contribution in [0.5, 0.6) is 5.75 Å². The van der Waals surface area contributed by atoms with Crippen molar-refractivity contribution in [3.63, 3.8) is 0 Å². The van der Waals surface area contributed by atoms with Gasteiger partial charge in [0.25, 0.3) is 0 Å². The molecule has 0 aliphatic heterocycles. The van der Waals surface area contributed by atoms with Crippen LogP contribution in [0.15, 0.2) is 36.7 Å². The van der Waals surface area contributed by atoms with Crippen LogP contribution in [-0.2, 0) is 6.54 Å². The molecule has 0 atom stereocenters. The Kier molecular flexibility index (Phi) is 4.44. The van der Waals surface area contributed by atoms with Crippen LogP contribution in [0.3, 0.4) is 0 Å². The van der Waals surface area contributed by atoms with E-state index in [1.165, 1.54) is 5.56 Å². The monoisotopic (exact) mass is 259 g/mol. The van der Waals surface area contributed by atoms with E-state index in [4.69, 9.17) is 4.74 Å². The highest BCUT2D eigenvalue weighted by atomic mass is 16.5. The fourth-order valence-corrected chi connectivity index (χ4v) is 1.79. The third-order valence-corrected chi connectivity index (χ3v) is 2.86. The van der Waals surface area contributed by atoms with Crippen LogP contribution >= 0.6 is 0 Å². The Hall–Kier alpha value is -1.97. The van der Waals surface area contributed by atoms with Crippen molar-refractivity contribution in [2.75, 3.05) is 11.9 Å². The van der Waals surface area contributed by atoms with Crippen LogP contribution in [0.25, 0.3) is 0 Å². The summed E-state index contributed by atoms with van der Waals surface area (Å²) in [6.07, 6.45) is 3.88. The molecule has 0 bridgehead atoms. The highest BCUT2D eigenvalue weighted by Crippen LogP contribution is 2.14. The van der Waals surface area contributed by atoms with Crippen LogP contribution in [0.4, 0.5) is 5.69 Å². The minimum absolute atomic E-state index is 0.390. The first-order valence-electron chi connectivity index (χ1n) is 6.69. The molecule has 0 aliphatic rings. The zero-order valence-electron chi connectivity index (χ0n) is 11.8.